The van der Waals surface area contributed by atoms with Gasteiger partial charge in [0.25, 0.3) is 0 Å². The summed E-state index contributed by atoms with van der Waals surface area (Å²) in [6.45, 7) is 1.94. The number of benzene rings is 1. The second-order valence-electron chi connectivity index (χ2n) is 7.14. The molecule has 28 heavy (non-hydrogen) atoms. The zero-order valence-corrected chi connectivity index (χ0v) is 16.1. The molecule has 0 saturated heterocycles. The lowest BCUT2D eigenvalue weighted by Crippen LogP contribution is -2.21. The molecule has 7 nitrogen and oxygen atoms in total. The van der Waals surface area contributed by atoms with Crippen molar-refractivity contribution >= 4 is 23.4 Å². The molecule has 0 bridgehead atoms. The minimum absolute atomic E-state index is 0.237. The van der Waals surface area contributed by atoms with Gasteiger partial charge in [0.15, 0.2) is 0 Å². The van der Waals surface area contributed by atoms with Gasteiger partial charge in [-0.15, -0.1) is 0 Å². The molecule has 1 aromatic carbocycles. The Morgan fingerprint density at radius 2 is 1.86 bits per heavy atom. The summed E-state index contributed by atoms with van der Waals surface area (Å²) >= 11 is 0. The lowest BCUT2D eigenvalue weighted by molar-refractivity contribution is -0.142. The van der Waals surface area contributed by atoms with E-state index in [0.29, 0.717) is 30.0 Å². The molecule has 1 fully saturated rings. The van der Waals surface area contributed by atoms with Gasteiger partial charge in [0.05, 0.1) is 30.6 Å². The third-order valence-electron chi connectivity index (χ3n) is 5.14. The van der Waals surface area contributed by atoms with E-state index in [2.05, 4.69) is 15.6 Å². The summed E-state index contributed by atoms with van der Waals surface area (Å²) in [4.78, 5) is 27.8. The fourth-order valence-corrected chi connectivity index (χ4v) is 3.56. The fraction of sp³-hybridized carbons (Fsp3) is 0.381. The highest BCUT2D eigenvalue weighted by Gasteiger charge is 2.27. The lowest BCUT2D eigenvalue weighted by Gasteiger charge is -2.25. The van der Waals surface area contributed by atoms with Gasteiger partial charge in [0.2, 0.25) is 0 Å². The number of nitrogens with one attached hydrogen (secondary N) is 2. The maximum atomic E-state index is 12.3. The number of pyridine rings is 1. The van der Waals surface area contributed by atoms with E-state index >= 15 is 0 Å². The Labute approximate surface area is 164 Å². The number of aromatic nitrogens is 1. The molecular formula is C21H25N3O4. The first-order chi connectivity index (χ1) is 13.5. The molecule has 3 rings (SSSR count). The maximum Gasteiger partial charge on any atom is 0.323 e. The third kappa shape index (κ3) is 4.79. The van der Waals surface area contributed by atoms with Gasteiger partial charge >= 0.3 is 12.0 Å². The Bertz CT molecular complexity index is 843. The van der Waals surface area contributed by atoms with Crippen molar-refractivity contribution in [2.24, 2.45) is 5.92 Å². The second kappa shape index (κ2) is 8.73. The topological polar surface area (TPSA) is 101 Å². The van der Waals surface area contributed by atoms with Gasteiger partial charge in [0.1, 0.15) is 5.75 Å². The second-order valence-corrected chi connectivity index (χ2v) is 7.14. The third-order valence-corrected chi connectivity index (χ3v) is 5.14. The molecule has 3 N–H and O–H groups in total. The zero-order chi connectivity index (χ0) is 20.1. The van der Waals surface area contributed by atoms with E-state index in [1.54, 1.807) is 19.4 Å². The fourth-order valence-electron chi connectivity index (χ4n) is 3.56. The number of aryl methyl sites for hydroxylation is 1. The van der Waals surface area contributed by atoms with Crippen LogP contribution in [0.1, 0.15) is 42.9 Å². The van der Waals surface area contributed by atoms with Crippen LogP contribution in [0.3, 0.4) is 0 Å². The van der Waals surface area contributed by atoms with Crippen molar-refractivity contribution < 1.29 is 19.4 Å². The summed E-state index contributed by atoms with van der Waals surface area (Å²) < 4.78 is 5.27. The number of hydrogen-bond donors (Lipinski definition) is 3. The van der Waals surface area contributed by atoms with Crippen molar-refractivity contribution in [1.29, 1.82) is 0 Å². The number of methoxy groups -OCH3 is 1. The zero-order valence-electron chi connectivity index (χ0n) is 16.1. The Kier molecular flexibility index (Phi) is 6.13. The average molecular weight is 383 g/mol. The van der Waals surface area contributed by atoms with Crippen molar-refractivity contribution in [1.82, 2.24) is 4.98 Å². The van der Waals surface area contributed by atoms with Gasteiger partial charge in [0, 0.05) is 11.6 Å². The van der Waals surface area contributed by atoms with Crippen LogP contribution in [-0.4, -0.2) is 29.2 Å². The molecule has 0 unspecified atom stereocenters. The first kappa shape index (κ1) is 19.7. The number of ether oxygens (including phenoxy) is 1. The van der Waals surface area contributed by atoms with Crippen molar-refractivity contribution in [3.63, 3.8) is 0 Å². The summed E-state index contributed by atoms with van der Waals surface area (Å²) in [5, 5.41) is 14.7. The lowest BCUT2D eigenvalue weighted by atomic mass is 9.80. The largest absolute Gasteiger partial charge is 0.495 e. The molecule has 1 saturated carbocycles. The first-order valence-corrected chi connectivity index (χ1v) is 9.37. The molecule has 148 valence electrons. The van der Waals surface area contributed by atoms with Crippen LogP contribution in [0.2, 0.25) is 0 Å². The number of urea groups is 1. The summed E-state index contributed by atoms with van der Waals surface area (Å²) in [6, 6.07) is 8.90. The van der Waals surface area contributed by atoms with Crippen LogP contribution in [0.15, 0.2) is 36.5 Å². The van der Waals surface area contributed by atoms with Crippen LogP contribution in [0.4, 0.5) is 16.2 Å². The predicted octanol–water partition coefficient (Wildman–Crippen LogP) is 4.40. The molecule has 2 amide bonds. The minimum atomic E-state index is -0.706. The van der Waals surface area contributed by atoms with Crippen molar-refractivity contribution in [2.75, 3.05) is 17.7 Å². The molecule has 0 spiro atoms. The van der Waals surface area contributed by atoms with Gasteiger partial charge in [-0.25, -0.2) is 4.79 Å². The smallest absolute Gasteiger partial charge is 0.323 e. The number of anilines is 2. The van der Waals surface area contributed by atoms with E-state index in [9.17, 15) is 9.59 Å². The summed E-state index contributed by atoms with van der Waals surface area (Å²) in [6.07, 6.45) is 4.64. The van der Waals surface area contributed by atoms with E-state index in [1.807, 2.05) is 31.2 Å². The molecule has 1 aliphatic carbocycles. The molecule has 1 aromatic heterocycles. The number of carbonyl (C=O) groups excluding carboxylic acids is 1. The van der Waals surface area contributed by atoms with Gasteiger partial charge < -0.3 is 20.5 Å². The van der Waals surface area contributed by atoms with E-state index in [0.717, 1.165) is 24.1 Å². The molecule has 2 aromatic rings. The Morgan fingerprint density at radius 1 is 1.11 bits per heavy atom. The van der Waals surface area contributed by atoms with Crippen LogP contribution in [0.25, 0.3) is 0 Å². The quantitative estimate of drug-likeness (QED) is 0.710. The van der Waals surface area contributed by atoms with E-state index < -0.39 is 5.97 Å². The normalized spacial score (nSPS) is 18.9. The molecule has 1 aliphatic rings. The Morgan fingerprint density at radius 3 is 2.46 bits per heavy atom. The molecular weight excluding hydrogens is 358 g/mol. The predicted molar refractivity (Wildman–Crippen MR) is 107 cm³/mol. The van der Waals surface area contributed by atoms with Gasteiger partial charge in [-0.2, -0.15) is 0 Å². The maximum absolute atomic E-state index is 12.3. The van der Waals surface area contributed by atoms with Crippen LogP contribution in [0, 0.1) is 12.8 Å². The highest BCUT2D eigenvalue weighted by Crippen LogP contribution is 2.35. The number of rotatable bonds is 5. The number of amides is 2. The molecule has 0 aliphatic heterocycles. The van der Waals surface area contributed by atoms with E-state index in [-0.39, 0.29) is 17.9 Å². The van der Waals surface area contributed by atoms with Crippen LogP contribution < -0.4 is 15.4 Å². The molecule has 1 heterocycles. The summed E-state index contributed by atoms with van der Waals surface area (Å²) in [5.74, 6) is -0.0806. The van der Waals surface area contributed by atoms with Gasteiger partial charge in [-0.05, 0) is 62.4 Å². The number of carboxylic acid groups (broad SMARTS) is 1. The van der Waals surface area contributed by atoms with Crippen LogP contribution >= 0.6 is 0 Å². The molecule has 0 radical (unpaired) electrons. The number of carboxylic acids is 1. The standard InChI is InChI=1S/C21H25N3O4/c1-13-3-10-19(28-2)18(11-13)24-21(27)23-16-8-9-17(22-12-16)14-4-6-15(7-5-14)20(25)26/h3,8-12,14-15H,4-7H2,1-2H3,(H,25,26)(H2,23,24,27)/t14-,15-. The molecule has 7 heteroatoms. The van der Waals surface area contributed by atoms with E-state index in [1.165, 1.54) is 0 Å². The first-order valence-electron chi connectivity index (χ1n) is 9.37. The van der Waals surface area contributed by atoms with Gasteiger partial charge in [-0.3, -0.25) is 9.78 Å². The van der Waals surface area contributed by atoms with Crippen LogP contribution in [-0.2, 0) is 4.79 Å². The SMILES string of the molecule is COc1ccc(C)cc1NC(=O)Nc1ccc([C@H]2CC[C@H](C(=O)O)CC2)nc1. The highest BCUT2D eigenvalue weighted by molar-refractivity contribution is 6.00. The van der Waals surface area contributed by atoms with Crippen molar-refractivity contribution in [3.8, 4) is 5.75 Å². The number of aliphatic carboxylic acids is 1. The van der Waals surface area contributed by atoms with Crippen molar-refractivity contribution in [3.05, 3.63) is 47.8 Å². The highest BCUT2D eigenvalue weighted by atomic mass is 16.5. The monoisotopic (exact) mass is 383 g/mol. The van der Waals surface area contributed by atoms with E-state index in [4.69, 9.17) is 9.84 Å². The molecule has 0 atom stereocenters. The average Bonchev–Trinajstić information content (AvgIpc) is 2.69. The summed E-state index contributed by atoms with van der Waals surface area (Å²) in [7, 11) is 1.56. The van der Waals surface area contributed by atoms with Gasteiger partial charge in [-0.1, -0.05) is 6.07 Å². The Hall–Kier alpha value is -3.09. The van der Waals surface area contributed by atoms with Crippen molar-refractivity contribution in [2.45, 2.75) is 38.5 Å². The summed E-state index contributed by atoms with van der Waals surface area (Å²) in [5.41, 5.74) is 3.14. The number of carbonyl (C=O) groups is 2. The number of nitrogens with zero attached hydrogens (tertiary/aromatic N) is 1. The minimum Gasteiger partial charge on any atom is -0.495 e. The Balaban J connectivity index is 1.58. The number of hydrogen-bond acceptors (Lipinski definition) is 4. The van der Waals surface area contributed by atoms with Crippen LogP contribution in [0.5, 0.6) is 5.75 Å².